The molecule has 4 heteroatoms. The van der Waals surface area contributed by atoms with Gasteiger partial charge in [0.2, 0.25) is 0 Å². The fourth-order valence-electron chi connectivity index (χ4n) is 2.30. The molecule has 0 fully saturated rings. The minimum Gasteiger partial charge on any atom is -0.441 e. The van der Waals surface area contributed by atoms with Crippen LogP contribution in [0.2, 0.25) is 0 Å². The average molecular weight is 280 g/mol. The summed E-state index contributed by atoms with van der Waals surface area (Å²) < 4.78 is 5.44. The summed E-state index contributed by atoms with van der Waals surface area (Å²) >= 11 is 0. The molecule has 2 aromatic carbocycles. The molecule has 21 heavy (non-hydrogen) atoms. The van der Waals surface area contributed by atoms with Crippen LogP contribution in [-0.2, 0) is 6.54 Å². The van der Waals surface area contributed by atoms with Gasteiger partial charge < -0.3 is 9.73 Å². The maximum atomic E-state index is 12.2. The van der Waals surface area contributed by atoms with Gasteiger partial charge >= 0.3 is 0 Å². The van der Waals surface area contributed by atoms with Gasteiger partial charge in [-0.15, -0.1) is 0 Å². The molecule has 1 N–H and O–H groups in total. The summed E-state index contributed by atoms with van der Waals surface area (Å²) in [4.78, 5) is 16.5. The molecule has 0 saturated carbocycles. The Kier molecular flexibility index (Phi) is 3.44. The predicted octanol–water partition coefficient (Wildman–Crippen LogP) is 3.37. The first-order valence-corrected chi connectivity index (χ1v) is 6.83. The Labute approximate surface area is 122 Å². The number of oxazole rings is 1. The molecule has 1 amide bonds. The summed E-state index contributed by atoms with van der Waals surface area (Å²) in [6.45, 7) is 4.22. The van der Waals surface area contributed by atoms with E-state index in [-0.39, 0.29) is 5.91 Å². The average Bonchev–Trinajstić information content (AvgIpc) is 2.84. The molecule has 0 atom stereocenters. The lowest BCUT2D eigenvalue weighted by molar-refractivity contribution is 0.0950. The van der Waals surface area contributed by atoms with E-state index in [1.165, 1.54) is 0 Å². The molecule has 106 valence electrons. The number of rotatable bonds is 3. The number of carbonyl (C=O) groups is 1. The number of hydrogen-bond acceptors (Lipinski definition) is 3. The third-order valence-electron chi connectivity index (χ3n) is 3.40. The second kappa shape index (κ2) is 5.40. The summed E-state index contributed by atoms with van der Waals surface area (Å²) in [5.41, 5.74) is 4.25. The van der Waals surface area contributed by atoms with Crippen LogP contribution >= 0.6 is 0 Å². The molecule has 3 aromatic rings. The van der Waals surface area contributed by atoms with Gasteiger partial charge in [-0.3, -0.25) is 4.79 Å². The molecule has 1 aromatic heterocycles. The number of hydrogen-bond donors (Lipinski definition) is 1. The minimum atomic E-state index is -0.0652. The van der Waals surface area contributed by atoms with E-state index in [9.17, 15) is 4.79 Å². The van der Waals surface area contributed by atoms with E-state index in [0.29, 0.717) is 18.0 Å². The smallest absolute Gasteiger partial charge is 0.251 e. The highest BCUT2D eigenvalue weighted by atomic mass is 16.3. The third kappa shape index (κ3) is 2.79. The molecule has 4 nitrogen and oxygen atoms in total. The number of benzene rings is 2. The van der Waals surface area contributed by atoms with Crippen LogP contribution in [0.25, 0.3) is 11.1 Å². The summed E-state index contributed by atoms with van der Waals surface area (Å²) in [6.07, 6.45) is 0. The Balaban J connectivity index is 1.74. The fourth-order valence-corrected chi connectivity index (χ4v) is 2.30. The number of aromatic nitrogens is 1. The molecule has 0 aliphatic heterocycles. The van der Waals surface area contributed by atoms with Crippen molar-refractivity contribution in [3.63, 3.8) is 0 Å². The zero-order valence-corrected chi connectivity index (χ0v) is 12.0. The minimum absolute atomic E-state index is 0.0652. The summed E-state index contributed by atoms with van der Waals surface area (Å²) in [5, 5.41) is 2.93. The predicted molar refractivity (Wildman–Crippen MR) is 81.1 cm³/mol. The highest BCUT2D eigenvalue weighted by molar-refractivity contribution is 5.95. The van der Waals surface area contributed by atoms with Gasteiger partial charge in [0, 0.05) is 19.0 Å². The van der Waals surface area contributed by atoms with Crippen LogP contribution < -0.4 is 5.32 Å². The topological polar surface area (TPSA) is 55.1 Å². The van der Waals surface area contributed by atoms with Crippen molar-refractivity contribution in [3.05, 3.63) is 65.0 Å². The lowest BCUT2D eigenvalue weighted by atomic mass is 10.1. The van der Waals surface area contributed by atoms with Crippen molar-refractivity contribution < 1.29 is 9.21 Å². The van der Waals surface area contributed by atoms with E-state index in [4.69, 9.17) is 4.42 Å². The molecular formula is C17H16N2O2. The molecule has 0 unspecified atom stereocenters. The molecule has 0 radical (unpaired) electrons. The third-order valence-corrected chi connectivity index (χ3v) is 3.40. The van der Waals surface area contributed by atoms with Crippen molar-refractivity contribution in [2.45, 2.75) is 20.4 Å². The maximum Gasteiger partial charge on any atom is 0.251 e. The molecule has 0 saturated heterocycles. The van der Waals surface area contributed by atoms with Crippen molar-refractivity contribution >= 4 is 17.0 Å². The van der Waals surface area contributed by atoms with Gasteiger partial charge in [-0.05, 0) is 36.2 Å². The lowest BCUT2D eigenvalue weighted by Gasteiger charge is -2.07. The van der Waals surface area contributed by atoms with Crippen molar-refractivity contribution in [2.75, 3.05) is 0 Å². The molecular weight excluding hydrogens is 264 g/mol. The second-order valence-electron chi connectivity index (χ2n) is 5.03. The standard InChI is InChI=1S/C17H16N2O2/c1-11-5-3-4-6-14(11)17(20)18-10-13-7-8-16-15(9-13)19-12(2)21-16/h3-9H,10H2,1-2H3,(H,18,20). The first kappa shape index (κ1) is 13.4. The SMILES string of the molecule is Cc1nc2cc(CNC(=O)c3ccccc3C)ccc2o1. The molecule has 0 bridgehead atoms. The van der Waals surface area contributed by atoms with Gasteiger partial charge in [-0.25, -0.2) is 4.98 Å². The Morgan fingerprint density at radius 3 is 2.81 bits per heavy atom. The van der Waals surface area contributed by atoms with E-state index >= 15 is 0 Å². The van der Waals surface area contributed by atoms with Gasteiger partial charge in [0.1, 0.15) is 5.52 Å². The van der Waals surface area contributed by atoms with Gasteiger partial charge in [-0.1, -0.05) is 24.3 Å². The van der Waals surface area contributed by atoms with E-state index in [1.807, 2.05) is 56.3 Å². The maximum absolute atomic E-state index is 12.2. The quantitative estimate of drug-likeness (QED) is 0.800. The number of nitrogens with zero attached hydrogens (tertiary/aromatic N) is 1. The van der Waals surface area contributed by atoms with Crippen LogP contribution in [-0.4, -0.2) is 10.9 Å². The van der Waals surface area contributed by atoms with Crippen LogP contribution in [0.3, 0.4) is 0 Å². The van der Waals surface area contributed by atoms with Crippen LogP contribution in [0.15, 0.2) is 46.9 Å². The van der Waals surface area contributed by atoms with E-state index in [0.717, 1.165) is 22.2 Å². The summed E-state index contributed by atoms with van der Waals surface area (Å²) in [6, 6.07) is 13.3. The number of nitrogens with one attached hydrogen (secondary N) is 1. The highest BCUT2D eigenvalue weighted by Gasteiger charge is 2.08. The van der Waals surface area contributed by atoms with Gasteiger partial charge in [0.15, 0.2) is 11.5 Å². The molecule has 0 spiro atoms. The zero-order valence-electron chi connectivity index (χ0n) is 12.0. The molecule has 3 rings (SSSR count). The van der Waals surface area contributed by atoms with Crippen molar-refractivity contribution in [1.82, 2.24) is 10.3 Å². The normalized spacial score (nSPS) is 10.8. The number of fused-ring (bicyclic) bond motifs is 1. The molecule has 0 aliphatic rings. The van der Waals surface area contributed by atoms with Crippen LogP contribution in [0.1, 0.15) is 27.4 Å². The Bertz CT molecular complexity index is 805. The van der Waals surface area contributed by atoms with E-state index in [1.54, 1.807) is 0 Å². The van der Waals surface area contributed by atoms with Crippen molar-refractivity contribution in [1.29, 1.82) is 0 Å². The van der Waals surface area contributed by atoms with Gasteiger partial charge in [0.25, 0.3) is 5.91 Å². The van der Waals surface area contributed by atoms with E-state index < -0.39 is 0 Å². The van der Waals surface area contributed by atoms with Crippen LogP contribution in [0, 0.1) is 13.8 Å². The highest BCUT2D eigenvalue weighted by Crippen LogP contribution is 2.17. The summed E-state index contributed by atoms with van der Waals surface area (Å²) in [7, 11) is 0. The number of carbonyl (C=O) groups excluding carboxylic acids is 1. The van der Waals surface area contributed by atoms with Crippen molar-refractivity contribution in [3.8, 4) is 0 Å². The number of amides is 1. The number of aryl methyl sites for hydroxylation is 2. The Morgan fingerprint density at radius 2 is 2.00 bits per heavy atom. The first-order valence-electron chi connectivity index (χ1n) is 6.83. The van der Waals surface area contributed by atoms with E-state index in [2.05, 4.69) is 10.3 Å². The second-order valence-corrected chi connectivity index (χ2v) is 5.03. The van der Waals surface area contributed by atoms with Crippen LogP contribution in [0.5, 0.6) is 0 Å². The largest absolute Gasteiger partial charge is 0.441 e. The monoisotopic (exact) mass is 280 g/mol. The zero-order chi connectivity index (χ0) is 14.8. The first-order chi connectivity index (χ1) is 10.1. The fraction of sp³-hybridized carbons (Fsp3) is 0.176. The molecule has 1 heterocycles. The lowest BCUT2D eigenvalue weighted by Crippen LogP contribution is -2.23. The Hall–Kier alpha value is -2.62. The summed E-state index contributed by atoms with van der Waals surface area (Å²) in [5.74, 6) is 0.579. The van der Waals surface area contributed by atoms with Gasteiger partial charge in [-0.2, -0.15) is 0 Å². The Morgan fingerprint density at radius 1 is 1.19 bits per heavy atom. The van der Waals surface area contributed by atoms with Crippen molar-refractivity contribution in [2.24, 2.45) is 0 Å². The molecule has 0 aliphatic carbocycles. The van der Waals surface area contributed by atoms with Crippen LogP contribution in [0.4, 0.5) is 0 Å². The van der Waals surface area contributed by atoms with Gasteiger partial charge in [0.05, 0.1) is 0 Å².